The second-order valence-corrected chi connectivity index (χ2v) is 7.74. The molecule has 1 fully saturated rings. The summed E-state index contributed by atoms with van der Waals surface area (Å²) in [6.45, 7) is 4.60. The van der Waals surface area contributed by atoms with Crippen molar-refractivity contribution in [2.45, 2.75) is 38.9 Å². The maximum Gasteiger partial charge on any atom is 0.224 e. The molecule has 2 aliphatic heterocycles. The number of nitrogens with one attached hydrogen (secondary N) is 1. The number of nitrogens with zero attached hydrogens (tertiary/aromatic N) is 6. The van der Waals surface area contributed by atoms with Gasteiger partial charge in [0.1, 0.15) is 35.8 Å². The average molecular weight is 400 g/mol. The van der Waals surface area contributed by atoms with E-state index in [1.165, 1.54) is 0 Å². The Balaban J connectivity index is 1.68. The molecule has 4 rings (SSSR count). The second kappa shape index (κ2) is 7.51. The van der Waals surface area contributed by atoms with Gasteiger partial charge in [0.25, 0.3) is 0 Å². The third-order valence-corrected chi connectivity index (χ3v) is 5.65. The van der Waals surface area contributed by atoms with Crippen LogP contribution in [0.3, 0.4) is 0 Å². The Morgan fingerprint density at radius 2 is 2.29 bits per heavy atom. The summed E-state index contributed by atoms with van der Waals surface area (Å²) in [5.41, 5.74) is 1.77. The summed E-state index contributed by atoms with van der Waals surface area (Å²) in [5, 5.41) is 26.2. The number of fused-ring (bicyclic) bond motifs is 3. The molecule has 0 bridgehead atoms. The predicted octanol–water partition coefficient (Wildman–Crippen LogP) is 2.83. The van der Waals surface area contributed by atoms with Crippen LogP contribution in [-0.4, -0.2) is 45.3 Å². The number of pyridine rings is 1. The van der Waals surface area contributed by atoms with Crippen LogP contribution < -0.4 is 10.2 Å². The van der Waals surface area contributed by atoms with E-state index in [0.717, 1.165) is 37.3 Å². The second-order valence-electron chi connectivity index (χ2n) is 7.38. The summed E-state index contributed by atoms with van der Waals surface area (Å²) >= 11 is 6.24. The summed E-state index contributed by atoms with van der Waals surface area (Å²) < 4.78 is -0.439. The standard InChI is InChI=1S/C19H22ClN7O/c1-2-22-19-23-9-14-11-27(28,10-13-5-6-15(8-21)24-17(13)20)12-16-4-3-7-26(16)18(14)25-19/h5-6,9,16H,2-4,7,10-12H2,1H3,(H,22,23,25). The molecule has 2 aliphatic rings. The van der Waals surface area contributed by atoms with Gasteiger partial charge in [0, 0.05) is 24.8 Å². The summed E-state index contributed by atoms with van der Waals surface area (Å²) in [6, 6.07) is 5.45. The number of halogens is 1. The molecule has 0 saturated carbocycles. The minimum atomic E-state index is -0.439. The fraction of sp³-hybridized carbons (Fsp3) is 0.474. The number of nitriles is 1. The Morgan fingerprint density at radius 3 is 3.04 bits per heavy atom. The average Bonchev–Trinajstić information content (AvgIpc) is 3.08. The van der Waals surface area contributed by atoms with E-state index in [1.54, 1.807) is 18.3 Å². The van der Waals surface area contributed by atoms with Crippen molar-refractivity contribution in [3.8, 4) is 6.07 Å². The molecule has 2 aromatic heterocycles. The third kappa shape index (κ3) is 3.61. The van der Waals surface area contributed by atoms with E-state index in [2.05, 4.69) is 20.2 Å². The van der Waals surface area contributed by atoms with Crippen molar-refractivity contribution in [2.75, 3.05) is 29.9 Å². The molecule has 2 atom stereocenters. The van der Waals surface area contributed by atoms with Crippen molar-refractivity contribution in [3.05, 3.63) is 45.5 Å². The Labute approximate surface area is 169 Å². The first kappa shape index (κ1) is 18.9. The summed E-state index contributed by atoms with van der Waals surface area (Å²) in [4.78, 5) is 15.4. The Bertz CT molecular complexity index is 931. The first-order valence-corrected chi connectivity index (χ1v) is 9.88. The first-order valence-electron chi connectivity index (χ1n) is 9.50. The zero-order valence-corrected chi connectivity index (χ0v) is 16.5. The predicted molar refractivity (Wildman–Crippen MR) is 106 cm³/mol. The van der Waals surface area contributed by atoms with Crippen LogP contribution in [0.15, 0.2) is 18.3 Å². The monoisotopic (exact) mass is 399 g/mol. The van der Waals surface area contributed by atoms with Gasteiger partial charge in [-0.3, -0.25) is 0 Å². The molecular formula is C19H22ClN7O. The zero-order valence-electron chi connectivity index (χ0n) is 15.7. The van der Waals surface area contributed by atoms with Crippen molar-refractivity contribution in [1.82, 2.24) is 15.0 Å². The van der Waals surface area contributed by atoms with Gasteiger partial charge in [-0.05, 0) is 31.9 Å². The molecule has 1 N–H and O–H groups in total. The fourth-order valence-corrected chi connectivity index (χ4v) is 4.35. The number of hydroxylamine groups is 3. The highest BCUT2D eigenvalue weighted by molar-refractivity contribution is 6.30. The van der Waals surface area contributed by atoms with Gasteiger partial charge in [-0.25, -0.2) is 9.97 Å². The molecule has 146 valence electrons. The lowest BCUT2D eigenvalue weighted by Crippen LogP contribution is -2.47. The molecule has 28 heavy (non-hydrogen) atoms. The molecule has 9 heteroatoms. The van der Waals surface area contributed by atoms with Crippen molar-refractivity contribution in [3.63, 3.8) is 0 Å². The van der Waals surface area contributed by atoms with Gasteiger partial charge in [-0.2, -0.15) is 10.2 Å². The quantitative estimate of drug-likeness (QED) is 0.479. The molecular weight excluding hydrogens is 378 g/mol. The molecule has 1 saturated heterocycles. The van der Waals surface area contributed by atoms with E-state index >= 15 is 0 Å². The van der Waals surface area contributed by atoms with Crippen LogP contribution in [0.1, 0.15) is 36.6 Å². The third-order valence-electron chi connectivity index (χ3n) is 5.33. The van der Waals surface area contributed by atoms with Gasteiger partial charge < -0.3 is 20.1 Å². The number of anilines is 2. The van der Waals surface area contributed by atoms with Crippen LogP contribution in [0, 0.1) is 16.5 Å². The topological polar surface area (TPSA) is 101 Å². The Kier molecular flexibility index (Phi) is 5.06. The minimum absolute atomic E-state index is 0.147. The van der Waals surface area contributed by atoms with Crippen molar-refractivity contribution >= 4 is 23.4 Å². The molecule has 0 aromatic carbocycles. The Hall–Kier alpha value is -2.47. The van der Waals surface area contributed by atoms with Gasteiger partial charge in [-0.1, -0.05) is 11.6 Å². The van der Waals surface area contributed by atoms with E-state index in [4.69, 9.17) is 21.8 Å². The molecule has 0 radical (unpaired) electrons. The van der Waals surface area contributed by atoms with Gasteiger partial charge in [0.2, 0.25) is 5.95 Å². The highest BCUT2D eigenvalue weighted by Crippen LogP contribution is 2.36. The molecule has 2 unspecified atom stereocenters. The van der Waals surface area contributed by atoms with Crippen LogP contribution in [0.5, 0.6) is 0 Å². The molecule has 0 spiro atoms. The number of quaternary nitrogens is 1. The number of rotatable bonds is 4. The lowest BCUT2D eigenvalue weighted by molar-refractivity contribution is -0.907. The highest BCUT2D eigenvalue weighted by Gasteiger charge is 2.38. The fourth-order valence-electron chi connectivity index (χ4n) is 4.14. The van der Waals surface area contributed by atoms with E-state index in [1.807, 2.05) is 13.0 Å². The number of aromatic nitrogens is 3. The first-order chi connectivity index (χ1) is 13.5. The maximum atomic E-state index is 13.8. The maximum absolute atomic E-state index is 13.8. The van der Waals surface area contributed by atoms with Crippen LogP contribution in [0.25, 0.3) is 0 Å². The van der Waals surface area contributed by atoms with Gasteiger partial charge in [-0.15, -0.1) is 0 Å². The van der Waals surface area contributed by atoms with Crippen LogP contribution in [0.4, 0.5) is 11.8 Å². The van der Waals surface area contributed by atoms with Crippen LogP contribution >= 0.6 is 11.6 Å². The van der Waals surface area contributed by atoms with Crippen LogP contribution in [0.2, 0.25) is 5.15 Å². The van der Waals surface area contributed by atoms with Gasteiger partial charge >= 0.3 is 0 Å². The van der Waals surface area contributed by atoms with E-state index in [-0.39, 0.29) is 30.0 Å². The molecule has 0 aliphatic carbocycles. The minimum Gasteiger partial charge on any atom is -0.632 e. The summed E-state index contributed by atoms with van der Waals surface area (Å²) in [6.07, 6.45) is 3.79. The normalized spacial score (nSPS) is 23.5. The largest absolute Gasteiger partial charge is 0.632 e. The van der Waals surface area contributed by atoms with E-state index in [0.29, 0.717) is 18.1 Å². The zero-order chi connectivity index (χ0) is 19.7. The lowest BCUT2D eigenvalue weighted by Gasteiger charge is -2.43. The molecule has 4 heterocycles. The van der Waals surface area contributed by atoms with E-state index in [9.17, 15) is 5.21 Å². The van der Waals surface area contributed by atoms with Crippen molar-refractivity contribution < 1.29 is 4.65 Å². The SMILES string of the molecule is CCNc1ncc2c(n1)N1CCCC1C[N+]([O-])(Cc1ccc(C#N)nc1Cl)C2. The van der Waals surface area contributed by atoms with E-state index < -0.39 is 4.65 Å². The summed E-state index contributed by atoms with van der Waals surface area (Å²) in [5.74, 6) is 1.46. The highest BCUT2D eigenvalue weighted by atomic mass is 35.5. The number of hydrogen-bond donors (Lipinski definition) is 1. The lowest BCUT2D eigenvalue weighted by atomic mass is 10.1. The van der Waals surface area contributed by atoms with Gasteiger partial charge in [0.15, 0.2) is 0 Å². The smallest absolute Gasteiger partial charge is 0.224 e. The van der Waals surface area contributed by atoms with Crippen LogP contribution in [-0.2, 0) is 13.1 Å². The number of hydrogen-bond acceptors (Lipinski definition) is 7. The summed E-state index contributed by atoms with van der Waals surface area (Å²) in [7, 11) is 0. The molecule has 0 amide bonds. The molecule has 2 aromatic rings. The van der Waals surface area contributed by atoms with Gasteiger partial charge in [0.05, 0.1) is 18.2 Å². The van der Waals surface area contributed by atoms with Crippen molar-refractivity contribution in [2.24, 2.45) is 0 Å². The van der Waals surface area contributed by atoms with Crippen molar-refractivity contribution in [1.29, 1.82) is 5.26 Å². The molecule has 8 nitrogen and oxygen atoms in total. The Morgan fingerprint density at radius 1 is 1.43 bits per heavy atom.